The molecule has 1 saturated heterocycles. The fraction of sp³-hybridized carbons (Fsp3) is 1.00. The first-order valence-electron chi connectivity index (χ1n) is 6.84. The highest BCUT2D eigenvalue weighted by Crippen LogP contribution is 2.26. The zero-order valence-corrected chi connectivity index (χ0v) is 11.3. The monoisotopic (exact) mass is 227 g/mol. The molecule has 1 fully saturated rings. The summed E-state index contributed by atoms with van der Waals surface area (Å²) in [4.78, 5) is 2.59. The van der Waals surface area contributed by atoms with E-state index < -0.39 is 0 Å². The van der Waals surface area contributed by atoms with Gasteiger partial charge < -0.3 is 0 Å². The molecular weight excluding hydrogens is 198 g/mol. The lowest BCUT2D eigenvalue weighted by molar-refractivity contribution is 0.101. The molecule has 0 radical (unpaired) electrons. The number of nitrogens with two attached hydrogens (primary N) is 1. The van der Waals surface area contributed by atoms with Gasteiger partial charge in [-0.15, -0.1) is 0 Å². The third-order valence-corrected chi connectivity index (χ3v) is 4.07. The third-order valence-electron chi connectivity index (χ3n) is 4.07. The third kappa shape index (κ3) is 3.44. The van der Waals surface area contributed by atoms with Crippen LogP contribution in [0.1, 0.15) is 59.3 Å². The van der Waals surface area contributed by atoms with Crippen LogP contribution < -0.4 is 11.3 Å². The van der Waals surface area contributed by atoms with Crippen LogP contribution in [0, 0.1) is 0 Å². The van der Waals surface area contributed by atoms with Crippen molar-refractivity contribution < 1.29 is 0 Å². The molecule has 0 amide bonds. The molecule has 0 spiro atoms. The first-order valence-corrected chi connectivity index (χ1v) is 6.84. The Morgan fingerprint density at radius 3 is 2.38 bits per heavy atom. The van der Waals surface area contributed by atoms with Crippen molar-refractivity contribution in [3.8, 4) is 0 Å². The summed E-state index contributed by atoms with van der Waals surface area (Å²) >= 11 is 0. The van der Waals surface area contributed by atoms with Crippen molar-refractivity contribution in [3.05, 3.63) is 0 Å². The van der Waals surface area contributed by atoms with Gasteiger partial charge in [0.05, 0.1) is 0 Å². The number of nitrogens with one attached hydrogen (secondary N) is 1. The van der Waals surface area contributed by atoms with Crippen LogP contribution in [0.2, 0.25) is 0 Å². The first kappa shape index (κ1) is 13.9. The largest absolute Gasteiger partial charge is 0.297 e. The molecule has 16 heavy (non-hydrogen) atoms. The molecule has 0 aromatic heterocycles. The minimum Gasteiger partial charge on any atom is -0.297 e. The van der Waals surface area contributed by atoms with Crippen LogP contribution in [0.15, 0.2) is 0 Å². The van der Waals surface area contributed by atoms with Gasteiger partial charge in [-0.3, -0.25) is 16.2 Å². The maximum absolute atomic E-state index is 5.73. The van der Waals surface area contributed by atoms with Crippen LogP contribution >= 0.6 is 0 Å². The van der Waals surface area contributed by atoms with E-state index in [0.29, 0.717) is 6.04 Å². The van der Waals surface area contributed by atoms with Gasteiger partial charge in [0.2, 0.25) is 0 Å². The fourth-order valence-electron chi connectivity index (χ4n) is 2.75. The van der Waals surface area contributed by atoms with Crippen molar-refractivity contribution in [2.75, 3.05) is 13.1 Å². The summed E-state index contributed by atoms with van der Waals surface area (Å²) in [6.07, 6.45) is 7.75. The number of hydrazine groups is 1. The normalized spacial score (nSPS) is 20.2. The van der Waals surface area contributed by atoms with Crippen molar-refractivity contribution in [3.63, 3.8) is 0 Å². The number of likely N-dealkylation sites (tertiary alicyclic amines) is 1. The summed E-state index contributed by atoms with van der Waals surface area (Å²) in [6.45, 7) is 9.37. The molecule has 3 nitrogen and oxygen atoms in total. The molecule has 1 unspecified atom stereocenters. The Morgan fingerprint density at radius 2 is 1.88 bits per heavy atom. The molecule has 3 heteroatoms. The van der Waals surface area contributed by atoms with E-state index >= 15 is 0 Å². The lowest BCUT2D eigenvalue weighted by atomic mass is 9.89. The molecule has 1 aliphatic heterocycles. The number of hydrogen-bond donors (Lipinski definition) is 2. The molecule has 1 atom stereocenters. The first-order chi connectivity index (χ1) is 7.62. The van der Waals surface area contributed by atoms with Crippen molar-refractivity contribution >= 4 is 0 Å². The predicted molar refractivity (Wildman–Crippen MR) is 70.1 cm³/mol. The molecular formula is C13H29N3. The minimum absolute atomic E-state index is 0.193. The molecule has 1 rings (SSSR count). The van der Waals surface area contributed by atoms with Crippen LogP contribution in [0.5, 0.6) is 0 Å². The van der Waals surface area contributed by atoms with Gasteiger partial charge in [0.1, 0.15) is 0 Å². The highest BCUT2D eigenvalue weighted by Gasteiger charge is 2.35. The Balaban J connectivity index is 2.47. The average Bonchev–Trinajstić information content (AvgIpc) is 2.78. The van der Waals surface area contributed by atoms with Gasteiger partial charge in [-0.2, -0.15) is 0 Å². The van der Waals surface area contributed by atoms with Gasteiger partial charge in [0, 0.05) is 11.6 Å². The summed E-state index contributed by atoms with van der Waals surface area (Å²) < 4.78 is 0. The molecule has 0 aromatic rings. The maximum Gasteiger partial charge on any atom is 0.0389 e. The highest BCUT2D eigenvalue weighted by atomic mass is 15.3. The van der Waals surface area contributed by atoms with Gasteiger partial charge in [-0.25, -0.2) is 0 Å². The Bertz CT molecular complexity index is 186. The van der Waals surface area contributed by atoms with Crippen molar-refractivity contribution in [1.82, 2.24) is 10.3 Å². The summed E-state index contributed by atoms with van der Waals surface area (Å²) in [5.74, 6) is 5.73. The molecule has 0 aliphatic carbocycles. The summed E-state index contributed by atoms with van der Waals surface area (Å²) in [6, 6.07) is 0.414. The standard InChI is InChI=1S/C13H29N3/c1-4-5-6-9-12(15-14)13(2,3)16-10-7-8-11-16/h12,15H,4-11,14H2,1-3H3. The van der Waals surface area contributed by atoms with Crippen molar-refractivity contribution in [2.24, 2.45) is 5.84 Å². The Labute approximate surface area is 101 Å². The number of nitrogens with zero attached hydrogens (tertiary/aromatic N) is 1. The topological polar surface area (TPSA) is 41.3 Å². The second-order valence-electron chi connectivity index (χ2n) is 5.56. The van der Waals surface area contributed by atoms with Crippen LogP contribution in [0.25, 0.3) is 0 Å². The smallest absolute Gasteiger partial charge is 0.0389 e. The molecule has 1 aliphatic rings. The highest BCUT2D eigenvalue weighted by molar-refractivity contribution is 4.94. The van der Waals surface area contributed by atoms with E-state index in [1.807, 2.05) is 0 Å². The van der Waals surface area contributed by atoms with E-state index in [1.54, 1.807) is 0 Å². The average molecular weight is 227 g/mol. The molecule has 0 bridgehead atoms. The minimum atomic E-state index is 0.193. The summed E-state index contributed by atoms with van der Waals surface area (Å²) in [5.41, 5.74) is 3.23. The SMILES string of the molecule is CCCCCC(NN)C(C)(C)N1CCCC1. The Kier molecular flexibility index (Phi) is 5.73. The molecule has 1 heterocycles. The Morgan fingerprint density at radius 1 is 1.25 bits per heavy atom. The van der Waals surface area contributed by atoms with E-state index in [0.717, 1.165) is 0 Å². The quantitative estimate of drug-likeness (QED) is 0.398. The zero-order chi connectivity index (χ0) is 12.0. The van der Waals surface area contributed by atoms with Gasteiger partial charge in [-0.05, 0) is 46.2 Å². The predicted octanol–water partition coefficient (Wildman–Crippen LogP) is 2.27. The number of unbranched alkanes of at least 4 members (excludes halogenated alkanes) is 2. The van der Waals surface area contributed by atoms with Gasteiger partial charge >= 0.3 is 0 Å². The van der Waals surface area contributed by atoms with E-state index in [1.165, 1.54) is 51.6 Å². The number of hydrogen-bond acceptors (Lipinski definition) is 3. The number of rotatable bonds is 7. The van der Waals surface area contributed by atoms with Crippen LogP contribution in [0.3, 0.4) is 0 Å². The van der Waals surface area contributed by atoms with Gasteiger partial charge in [0.25, 0.3) is 0 Å². The molecule has 3 N–H and O–H groups in total. The summed E-state index contributed by atoms with van der Waals surface area (Å²) in [7, 11) is 0. The van der Waals surface area contributed by atoms with E-state index in [2.05, 4.69) is 31.1 Å². The lowest BCUT2D eigenvalue weighted by Crippen LogP contribution is -2.58. The second-order valence-corrected chi connectivity index (χ2v) is 5.56. The van der Waals surface area contributed by atoms with Crippen molar-refractivity contribution in [1.29, 1.82) is 0 Å². The molecule has 0 saturated carbocycles. The molecule has 96 valence electrons. The van der Waals surface area contributed by atoms with Crippen LogP contribution in [-0.2, 0) is 0 Å². The fourth-order valence-corrected chi connectivity index (χ4v) is 2.75. The van der Waals surface area contributed by atoms with E-state index in [-0.39, 0.29) is 5.54 Å². The zero-order valence-electron chi connectivity index (χ0n) is 11.3. The van der Waals surface area contributed by atoms with Crippen LogP contribution in [0.4, 0.5) is 0 Å². The van der Waals surface area contributed by atoms with E-state index in [4.69, 9.17) is 5.84 Å². The van der Waals surface area contributed by atoms with Crippen molar-refractivity contribution in [2.45, 2.75) is 70.9 Å². The second kappa shape index (κ2) is 6.58. The van der Waals surface area contributed by atoms with E-state index in [9.17, 15) is 0 Å². The van der Waals surface area contributed by atoms with Gasteiger partial charge in [-0.1, -0.05) is 26.2 Å². The molecule has 0 aromatic carbocycles. The Hall–Kier alpha value is -0.120. The van der Waals surface area contributed by atoms with Gasteiger partial charge in [0.15, 0.2) is 0 Å². The van der Waals surface area contributed by atoms with Crippen LogP contribution in [-0.4, -0.2) is 29.6 Å². The summed E-state index contributed by atoms with van der Waals surface area (Å²) in [5, 5.41) is 0. The lowest BCUT2D eigenvalue weighted by Gasteiger charge is -2.42. The maximum atomic E-state index is 5.73.